The van der Waals surface area contributed by atoms with Gasteiger partial charge in [-0.25, -0.2) is 27.4 Å². The van der Waals surface area contributed by atoms with Crippen LogP contribution in [-0.2, 0) is 70.5 Å². The van der Waals surface area contributed by atoms with Crippen LogP contribution in [0, 0.1) is 75.8 Å². The summed E-state index contributed by atoms with van der Waals surface area (Å²) < 4.78 is 63.4. The summed E-state index contributed by atoms with van der Waals surface area (Å²) in [6.07, 6.45) is 1.98. The van der Waals surface area contributed by atoms with Gasteiger partial charge in [-0.1, -0.05) is 140 Å². The van der Waals surface area contributed by atoms with Crippen LogP contribution in [0.5, 0.6) is 0 Å². The Labute approximate surface area is 674 Å². The van der Waals surface area contributed by atoms with Crippen LogP contribution in [0.25, 0.3) is 72.6 Å². The largest absolute Gasteiger partial charge is 0.368 e. The summed E-state index contributed by atoms with van der Waals surface area (Å²) in [5, 5.41) is 48.8. The number of Topliss-reactive ketones (excluding diaryl/α,β-unsaturated/α-hetero) is 4. The SMILES string of the molecule is C.Cc1cc(C#N)c(F)c(CC(=O)Cc2ccc(-c3cccc4nnc(N)n34)cc2)c1.Cc1cc(F)c(CC(=O)Cc2ccc(-c3cccc4nnc(N)n34)cc2)cc1C.Cc1ccc(F)c(CC(=O)Cc2ncc(-c3cccc4nnc(N)n34)nn2)c1.[C-]#[N+]c1c(C)ccc(F)c1CC(=O)Cc1ccc(-c2cccc3nnc(N)n23)cc1. The molecule has 0 aliphatic heterocycles. The molecule has 16 rings (SSSR count). The van der Waals surface area contributed by atoms with Crippen LogP contribution in [0.1, 0.15) is 85.6 Å². The highest BCUT2D eigenvalue weighted by Gasteiger charge is 2.21. The second kappa shape index (κ2) is 36.2. The number of pyridine rings is 4. The zero-order valence-corrected chi connectivity index (χ0v) is 63.8. The van der Waals surface area contributed by atoms with Crippen molar-refractivity contribution in [2.45, 2.75) is 93.4 Å². The molecule has 0 aliphatic carbocycles. The van der Waals surface area contributed by atoms with E-state index >= 15 is 0 Å². The Morgan fingerprint density at radius 2 is 0.797 bits per heavy atom. The van der Waals surface area contributed by atoms with E-state index in [9.17, 15) is 36.7 Å². The number of rotatable bonds is 20. The number of nitrogens with two attached hydrogens (primary N) is 4. The van der Waals surface area contributed by atoms with E-state index in [1.54, 1.807) is 80.0 Å². The fraction of sp³-hybridized carbons (Fsp3) is 0.157. The molecular weight excluding hydrogens is 1500 g/mol. The lowest BCUT2D eigenvalue weighted by Gasteiger charge is -2.09. The number of hydrogen-bond donors (Lipinski definition) is 4. The van der Waals surface area contributed by atoms with E-state index in [0.717, 1.165) is 72.7 Å². The van der Waals surface area contributed by atoms with Gasteiger partial charge < -0.3 is 22.9 Å². The fourth-order valence-electron chi connectivity index (χ4n) is 13.5. The molecular formula is C89H77F4N21O4. The average molecular weight is 1580 g/mol. The smallest absolute Gasteiger partial charge is 0.227 e. The maximum absolute atomic E-state index is 14.3. The number of halogens is 4. The molecule has 0 atom stereocenters. The van der Waals surface area contributed by atoms with E-state index < -0.39 is 17.5 Å². The standard InChI is InChI=1S/2C23H18FN5O.C23H21FN4O.C19H16FN7O.CH4/c1-14-6-11-19(24)18(22(14)26-2)13-17(30)12-15-7-9-16(10-8-15)20-4-3-5-21-27-28-23(25)29(20)21;1-14-9-17(22(24)18(10-14)13-25)12-19(30)11-15-5-7-16(8-6-15)20-3-2-4-21-27-28-23(26)29(20)21;1-14-10-18(20(24)11-15(14)2)13-19(29)12-16-6-8-17(9-7-16)21-4-3-5-22-26-27-23(25)28(21)22;1-11-5-6-14(20)12(7-11)8-13(28)9-17-22-10-15(23-24-17)16-3-2-4-18-25-26-19(21)27(16)18;/h3-11H,12-13H2,1H3,(H2,25,28);2-10H,11-12H2,1H3,(H2,26,28);3-11H,12-13H2,1-2H3,(H2,25,27);2-7,10H,8-9H2,1H3,(H2,21,26);1H4. The Morgan fingerprint density at radius 3 is 1.24 bits per heavy atom. The molecule has 0 saturated heterocycles. The summed E-state index contributed by atoms with van der Waals surface area (Å²) in [5.41, 5.74) is 40.7. The van der Waals surface area contributed by atoms with Gasteiger partial charge in [-0.2, -0.15) is 5.26 Å². The number of carbonyl (C=O) groups is 4. The van der Waals surface area contributed by atoms with Crippen LogP contribution in [0.2, 0.25) is 0 Å². The summed E-state index contributed by atoms with van der Waals surface area (Å²) in [7, 11) is 0. The summed E-state index contributed by atoms with van der Waals surface area (Å²) in [4.78, 5) is 57.4. The van der Waals surface area contributed by atoms with Crippen LogP contribution in [0.4, 0.5) is 47.0 Å². The minimum absolute atomic E-state index is 0. The number of anilines is 4. The Morgan fingerprint density at radius 1 is 0.398 bits per heavy atom. The molecule has 8 N–H and O–H groups in total. The van der Waals surface area contributed by atoms with Gasteiger partial charge in [0.2, 0.25) is 23.8 Å². The van der Waals surface area contributed by atoms with Crippen LogP contribution < -0.4 is 22.9 Å². The van der Waals surface area contributed by atoms with Crippen molar-refractivity contribution < 1.29 is 36.7 Å². The fourth-order valence-corrected chi connectivity index (χ4v) is 13.5. The summed E-state index contributed by atoms with van der Waals surface area (Å²) in [6, 6.07) is 60.7. The van der Waals surface area contributed by atoms with Crippen molar-refractivity contribution in [2.75, 3.05) is 22.9 Å². The molecule has 7 aromatic carbocycles. The number of nitrogen functional groups attached to an aromatic ring is 4. The van der Waals surface area contributed by atoms with Gasteiger partial charge in [0.05, 0.1) is 47.5 Å². The monoisotopic (exact) mass is 1580 g/mol. The molecule has 0 spiro atoms. The molecule has 118 heavy (non-hydrogen) atoms. The van der Waals surface area contributed by atoms with Crippen molar-refractivity contribution >= 4 is 75.2 Å². The molecule has 0 amide bonds. The summed E-state index contributed by atoms with van der Waals surface area (Å²) >= 11 is 0. The van der Waals surface area contributed by atoms with Crippen molar-refractivity contribution in [1.82, 2.24) is 73.6 Å². The topological polar surface area (TPSA) is 360 Å². The number of ketones is 4. The first-order chi connectivity index (χ1) is 56.4. The van der Waals surface area contributed by atoms with Crippen LogP contribution in [0.15, 0.2) is 206 Å². The molecule has 0 fully saturated rings. The first-order valence-corrected chi connectivity index (χ1v) is 36.6. The van der Waals surface area contributed by atoms with Gasteiger partial charge in [-0.05, 0) is 180 Å². The maximum Gasteiger partial charge on any atom is 0.227 e. The van der Waals surface area contributed by atoms with Gasteiger partial charge in [0.15, 0.2) is 34.1 Å². The molecule has 0 unspecified atom stereocenters. The first kappa shape index (κ1) is 82.1. The van der Waals surface area contributed by atoms with Crippen LogP contribution >= 0.6 is 0 Å². The molecule has 16 aromatic rings. The second-order valence-corrected chi connectivity index (χ2v) is 27.9. The Hall–Kier alpha value is -15.4. The van der Waals surface area contributed by atoms with E-state index in [4.69, 9.17) is 34.8 Å². The zero-order chi connectivity index (χ0) is 82.7. The van der Waals surface area contributed by atoms with E-state index in [1.165, 1.54) is 30.5 Å². The van der Waals surface area contributed by atoms with E-state index in [0.29, 0.717) is 68.5 Å². The van der Waals surface area contributed by atoms with Gasteiger partial charge in [0.1, 0.15) is 58.2 Å². The third-order valence-electron chi connectivity index (χ3n) is 19.3. The minimum Gasteiger partial charge on any atom is -0.368 e. The molecule has 0 saturated carbocycles. The third-order valence-corrected chi connectivity index (χ3v) is 19.3. The highest BCUT2D eigenvalue weighted by molar-refractivity contribution is 5.87. The maximum atomic E-state index is 14.3. The Bertz CT molecular complexity index is 6570. The quantitative estimate of drug-likeness (QED) is 0.0407. The third kappa shape index (κ3) is 18.8. The number of nitriles is 1. The zero-order valence-electron chi connectivity index (χ0n) is 63.8. The van der Waals surface area contributed by atoms with Crippen molar-refractivity contribution in [3.8, 4) is 51.2 Å². The van der Waals surface area contributed by atoms with Gasteiger partial charge in [0, 0.05) is 50.5 Å². The predicted molar refractivity (Wildman–Crippen MR) is 441 cm³/mol. The number of hydrogen-bond acceptors (Lipinski definition) is 20. The number of carbonyl (C=O) groups excluding carboxylic acids is 4. The molecule has 9 heterocycles. The second-order valence-electron chi connectivity index (χ2n) is 27.9. The van der Waals surface area contributed by atoms with Gasteiger partial charge in [-0.15, -0.1) is 51.0 Å². The molecule has 25 nitrogen and oxygen atoms in total. The summed E-state index contributed by atoms with van der Waals surface area (Å²) in [6.45, 7) is 16.4. The highest BCUT2D eigenvalue weighted by Crippen LogP contribution is 2.31. The minimum atomic E-state index is -0.619. The van der Waals surface area contributed by atoms with E-state index in [-0.39, 0.29) is 122 Å². The lowest BCUT2D eigenvalue weighted by Crippen LogP contribution is -2.11. The normalized spacial score (nSPS) is 10.9. The number of fused-ring (bicyclic) bond motifs is 4. The molecule has 0 radical (unpaired) electrons. The molecule has 0 bridgehead atoms. The lowest BCUT2D eigenvalue weighted by atomic mass is 9.98. The molecule has 0 aliphatic rings. The van der Waals surface area contributed by atoms with E-state index in [2.05, 4.69) is 60.8 Å². The van der Waals surface area contributed by atoms with Crippen molar-refractivity contribution in [3.05, 3.63) is 319 Å². The van der Waals surface area contributed by atoms with E-state index in [1.807, 2.05) is 154 Å². The Balaban J connectivity index is 0.000000144. The number of benzene rings is 7. The molecule has 9 aromatic heterocycles. The van der Waals surface area contributed by atoms with Crippen molar-refractivity contribution in [3.63, 3.8) is 0 Å². The first-order valence-electron chi connectivity index (χ1n) is 36.6. The molecule has 29 heteroatoms. The summed E-state index contributed by atoms with van der Waals surface area (Å²) in [5.74, 6) is -0.918. The predicted octanol–water partition coefficient (Wildman–Crippen LogP) is 14.7. The average Bonchev–Trinajstić information content (AvgIpc) is 1.64. The lowest BCUT2D eigenvalue weighted by molar-refractivity contribution is -0.118. The number of nitrogens with zero attached hydrogens (tertiary/aromatic N) is 17. The Kier molecular flexibility index (Phi) is 25.2. The van der Waals surface area contributed by atoms with Crippen molar-refractivity contribution in [2.24, 2.45) is 0 Å². The number of aromatic nitrogens is 15. The number of aryl methyl sites for hydroxylation is 5. The van der Waals surface area contributed by atoms with Gasteiger partial charge in [0.25, 0.3) is 0 Å². The van der Waals surface area contributed by atoms with Gasteiger partial charge in [-0.3, -0.25) is 36.8 Å². The molecule has 590 valence electrons. The van der Waals surface area contributed by atoms with Gasteiger partial charge >= 0.3 is 0 Å². The van der Waals surface area contributed by atoms with Crippen LogP contribution in [0.3, 0.4) is 0 Å². The van der Waals surface area contributed by atoms with Crippen LogP contribution in [-0.4, -0.2) is 96.7 Å². The highest BCUT2D eigenvalue weighted by atomic mass is 19.1. The van der Waals surface area contributed by atoms with Crippen molar-refractivity contribution in [1.29, 1.82) is 5.26 Å².